The highest BCUT2D eigenvalue weighted by Crippen LogP contribution is 2.32. The maximum atomic E-state index is 10.7. The smallest absolute Gasteiger partial charge is 0.150 e. The number of anilines is 1. The lowest BCUT2D eigenvalue weighted by Gasteiger charge is -2.40. The fourth-order valence-electron chi connectivity index (χ4n) is 2.74. The molecule has 2 rings (SSSR count). The van der Waals surface area contributed by atoms with E-state index in [1.807, 2.05) is 12.1 Å². The van der Waals surface area contributed by atoms with Crippen LogP contribution in [0.1, 0.15) is 42.6 Å². The Balaban J connectivity index is 2.25. The number of rotatable bonds is 2. The molecule has 0 aromatic heterocycles. The normalized spacial score (nSPS) is 19.1. The average Bonchev–Trinajstić information content (AvgIpc) is 2.27. The van der Waals surface area contributed by atoms with Crippen molar-refractivity contribution in [2.75, 3.05) is 18.0 Å². The first-order valence-electron chi connectivity index (χ1n) is 6.33. The van der Waals surface area contributed by atoms with Gasteiger partial charge in [0.2, 0.25) is 0 Å². The summed E-state index contributed by atoms with van der Waals surface area (Å²) in [4.78, 5) is 13.2. The Morgan fingerprint density at radius 1 is 1.35 bits per heavy atom. The minimum atomic E-state index is 0.397. The van der Waals surface area contributed by atoms with Crippen LogP contribution >= 0.6 is 0 Å². The first-order chi connectivity index (χ1) is 8.02. The molecule has 1 heterocycles. The molecule has 0 radical (unpaired) electrons. The van der Waals surface area contributed by atoms with Crippen molar-refractivity contribution in [1.29, 1.82) is 0 Å². The summed E-state index contributed by atoms with van der Waals surface area (Å²) in [6.07, 6.45) is 3.47. The van der Waals surface area contributed by atoms with E-state index in [1.165, 1.54) is 24.1 Å². The highest BCUT2D eigenvalue weighted by atomic mass is 16.1. The number of carbonyl (C=O) groups excluding carboxylic acids is 1. The number of aldehydes is 1. The van der Waals surface area contributed by atoms with Crippen LogP contribution in [0.2, 0.25) is 0 Å². The van der Waals surface area contributed by atoms with Crippen LogP contribution in [0, 0.1) is 12.3 Å². The van der Waals surface area contributed by atoms with Crippen molar-refractivity contribution in [2.24, 2.45) is 5.41 Å². The molecule has 92 valence electrons. The first kappa shape index (κ1) is 12.2. The Hall–Kier alpha value is -1.31. The van der Waals surface area contributed by atoms with Gasteiger partial charge in [0.15, 0.2) is 0 Å². The highest BCUT2D eigenvalue weighted by Gasteiger charge is 2.26. The summed E-state index contributed by atoms with van der Waals surface area (Å²) in [6.45, 7) is 8.98. The van der Waals surface area contributed by atoms with Crippen molar-refractivity contribution >= 4 is 12.0 Å². The van der Waals surface area contributed by atoms with Crippen LogP contribution in [0.15, 0.2) is 18.2 Å². The minimum Gasteiger partial charge on any atom is -0.371 e. The number of nitrogens with zero attached hydrogens (tertiary/aromatic N) is 1. The van der Waals surface area contributed by atoms with Crippen LogP contribution in [0.5, 0.6) is 0 Å². The molecule has 1 aliphatic rings. The Morgan fingerprint density at radius 2 is 2.12 bits per heavy atom. The van der Waals surface area contributed by atoms with Gasteiger partial charge in [-0.15, -0.1) is 0 Å². The molecule has 0 bridgehead atoms. The second-order valence-electron chi connectivity index (χ2n) is 5.85. The van der Waals surface area contributed by atoms with E-state index < -0.39 is 0 Å². The predicted molar refractivity (Wildman–Crippen MR) is 71.8 cm³/mol. The zero-order valence-electron chi connectivity index (χ0n) is 11.0. The van der Waals surface area contributed by atoms with E-state index in [-0.39, 0.29) is 0 Å². The molecule has 2 nitrogen and oxygen atoms in total. The maximum Gasteiger partial charge on any atom is 0.150 e. The average molecular weight is 231 g/mol. The Kier molecular flexibility index (Phi) is 3.23. The zero-order chi connectivity index (χ0) is 12.5. The molecule has 2 heteroatoms. The van der Waals surface area contributed by atoms with Crippen LogP contribution in [0.3, 0.4) is 0 Å². The van der Waals surface area contributed by atoms with E-state index in [2.05, 4.69) is 31.7 Å². The topological polar surface area (TPSA) is 20.3 Å². The van der Waals surface area contributed by atoms with E-state index in [9.17, 15) is 4.79 Å². The van der Waals surface area contributed by atoms with Crippen LogP contribution in [-0.2, 0) is 0 Å². The summed E-state index contributed by atoms with van der Waals surface area (Å²) < 4.78 is 0. The summed E-state index contributed by atoms with van der Waals surface area (Å²) in [6, 6.07) is 5.97. The molecule has 0 atom stereocenters. The maximum absolute atomic E-state index is 10.7. The third-order valence-electron chi connectivity index (χ3n) is 3.60. The van der Waals surface area contributed by atoms with Gasteiger partial charge in [0, 0.05) is 24.3 Å². The Labute approximate surface area is 104 Å². The van der Waals surface area contributed by atoms with Crippen molar-refractivity contribution < 1.29 is 4.79 Å². The van der Waals surface area contributed by atoms with Crippen LogP contribution in [0.4, 0.5) is 5.69 Å². The molecule has 1 aromatic rings. The van der Waals surface area contributed by atoms with Gasteiger partial charge >= 0.3 is 0 Å². The molecule has 0 saturated carbocycles. The second-order valence-corrected chi connectivity index (χ2v) is 5.85. The van der Waals surface area contributed by atoms with Crippen LogP contribution < -0.4 is 4.90 Å². The first-order valence-corrected chi connectivity index (χ1v) is 6.33. The standard InChI is InChI=1S/C15H21NO/c1-12-9-13(10-17)5-6-14(12)16-8-4-7-15(2,3)11-16/h5-6,9-10H,4,7-8,11H2,1-3H3. The number of hydrogen-bond acceptors (Lipinski definition) is 2. The number of benzene rings is 1. The fraction of sp³-hybridized carbons (Fsp3) is 0.533. The molecule has 0 aliphatic carbocycles. The third-order valence-corrected chi connectivity index (χ3v) is 3.60. The molecule has 0 spiro atoms. The molecule has 1 fully saturated rings. The predicted octanol–water partition coefficient (Wildman–Crippen LogP) is 3.43. The molecule has 1 aliphatic heterocycles. The Bertz CT molecular complexity index is 423. The second kappa shape index (κ2) is 4.52. The van der Waals surface area contributed by atoms with Gasteiger partial charge in [0.1, 0.15) is 6.29 Å². The van der Waals surface area contributed by atoms with Crippen LogP contribution in [-0.4, -0.2) is 19.4 Å². The highest BCUT2D eigenvalue weighted by molar-refractivity contribution is 5.77. The van der Waals surface area contributed by atoms with Crippen molar-refractivity contribution in [3.05, 3.63) is 29.3 Å². The molecule has 1 saturated heterocycles. The number of hydrogen-bond donors (Lipinski definition) is 0. The van der Waals surface area contributed by atoms with Crippen molar-refractivity contribution in [2.45, 2.75) is 33.6 Å². The minimum absolute atomic E-state index is 0.397. The van der Waals surface area contributed by atoms with Gasteiger partial charge in [0.25, 0.3) is 0 Å². The van der Waals surface area contributed by atoms with E-state index >= 15 is 0 Å². The summed E-state index contributed by atoms with van der Waals surface area (Å²) in [5.74, 6) is 0. The van der Waals surface area contributed by atoms with Gasteiger partial charge in [-0.3, -0.25) is 4.79 Å². The summed E-state index contributed by atoms with van der Waals surface area (Å²) >= 11 is 0. The molecular weight excluding hydrogens is 210 g/mol. The van der Waals surface area contributed by atoms with E-state index in [0.717, 1.165) is 24.9 Å². The SMILES string of the molecule is Cc1cc(C=O)ccc1N1CCCC(C)(C)C1. The van der Waals surface area contributed by atoms with Gasteiger partial charge in [-0.2, -0.15) is 0 Å². The molecule has 0 N–H and O–H groups in total. The summed E-state index contributed by atoms with van der Waals surface area (Å²) in [5, 5.41) is 0. The number of carbonyl (C=O) groups is 1. The van der Waals surface area contributed by atoms with Crippen LogP contribution in [0.25, 0.3) is 0 Å². The molecule has 17 heavy (non-hydrogen) atoms. The van der Waals surface area contributed by atoms with Crippen molar-refractivity contribution in [3.8, 4) is 0 Å². The lowest BCUT2D eigenvalue weighted by molar-refractivity contribution is 0.112. The Morgan fingerprint density at radius 3 is 2.71 bits per heavy atom. The largest absolute Gasteiger partial charge is 0.371 e. The van der Waals surface area contributed by atoms with Crippen molar-refractivity contribution in [1.82, 2.24) is 0 Å². The van der Waals surface area contributed by atoms with Gasteiger partial charge in [-0.25, -0.2) is 0 Å². The summed E-state index contributed by atoms with van der Waals surface area (Å²) in [7, 11) is 0. The molecule has 0 unspecified atom stereocenters. The number of piperidine rings is 1. The summed E-state index contributed by atoms with van der Waals surface area (Å²) in [5.41, 5.74) is 3.65. The van der Waals surface area contributed by atoms with E-state index in [4.69, 9.17) is 0 Å². The van der Waals surface area contributed by atoms with Gasteiger partial charge in [-0.05, 0) is 48.9 Å². The molecular formula is C15H21NO. The van der Waals surface area contributed by atoms with E-state index in [1.54, 1.807) is 0 Å². The fourth-order valence-corrected chi connectivity index (χ4v) is 2.74. The monoisotopic (exact) mass is 231 g/mol. The van der Waals surface area contributed by atoms with E-state index in [0.29, 0.717) is 5.41 Å². The number of aryl methyl sites for hydroxylation is 1. The lowest BCUT2D eigenvalue weighted by Crippen LogP contribution is -2.40. The zero-order valence-corrected chi connectivity index (χ0v) is 11.0. The molecule has 1 aromatic carbocycles. The molecule has 0 amide bonds. The quantitative estimate of drug-likeness (QED) is 0.727. The van der Waals surface area contributed by atoms with Crippen molar-refractivity contribution in [3.63, 3.8) is 0 Å². The third kappa shape index (κ3) is 2.68. The van der Waals surface area contributed by atoms with Gasteiger partial charge < -0.3 is 4.90 Å². The van der Waals surface area contributed by atoms with Gasteiger partial charge in [-0.1, -0.05) is 13.8 Å². The van der Waals surface area contributed by atoms with Gasteiger partial charge in [0.05, 0.1) is 0 Å². The lowest BCUT2D eigenvalue weighted by atomic mass is 9.84.